The quantitative estimate of drug-likeness (QED) is 0.734. The highest BCUT2D eigenvalue weighted by atomic mass is 16.2. The van der Waals surface area contributed by atoms with Gasteiger partial charge in [-0.1, -0.05) is 0 Å². The van der Waals surface area contributed by atoms with Crippen molar-refractivity contribution < 1.29 is 4.79 Å². The maximum atomic E-state index is 11.3. The van der Waals surface area contributed by atoms with E-state index in [4.69, 9.17) is 0 Å². The number of carbonyl (C=O) groups is 1. The van der Waals surface area contributed by atoms with Crippen molar-refractivity contribution in [3.63, 3.8) is 0 Å². The van der Waals surface area contributed by atoms with Crippen LogP contribution in [0, 0.1) is 0 Å². The first-order valence-corrected chi connectivity index (χ1v) is 6.47. The lowest BCUT2D eigenvalue weighted by atomic mass is 10.2. The van der Waals surface area contributed by atoms with Crippen LogP contribution in [0.5, 0.6) is 0 Å². The summed E-state index contributed by atoms with van der Waals surface area (Å²) >= 11 is 0. The minimum Gasteiger partial charge on any atom is -0.342 e. The molecule has 1 amide bonds. The molecule has 4 heteroatoms. The smallest absolute Gasteiger partial charge is 0.219 e. The van der Waals surface area contributed by atoms with Crippen LogP contribution < -0.4 is 5.32 Å². The van der Waals surface area contributed by atoms with Gasteiger partial charge in [0.15, 0.2) is 0 Å². The molecule has 2 aliphatic rings. The van der Waals surface area contributed by atoms with Crippen molar-refractivity contribution in [3.8, 4) is 0 Å². The van der Waals surface area contributed by atoms with Crippen LogP contribution in [0.2, 0.25) is 0 Å². The number of hydrogen-bond acceptors (Lipinski definition) is 3. The van der Waals surface area contributed by atoms with Gasteiger partial charge in [-0.15, -0.1) is 0 Å². The van der Waals surface area contributed by atoms with Crippen LogP contribution in [-0.2, 0) is 4.79 Å². The summed E-state index contributed by atoms with van der Waals surface area (Å²) in [5.41, 5.74) is 0. The molecule has 1 N–H and O–H groups in total. The van der Waals surface area contributed by atoms with Gasteiger partial charge in [-0.3, -0.25) is 9.69 Å². The van der Waals surface area contributed by atoms with Crippen molar-refractivity contribution in [3.05, 3.63) is 0 Å². The molecule has 4 nitrogen and oxygen atoms in total. The summed E-state index contributed by atoms with van der Waals surface area (Å²) in [6.45, 7) is 8.03. The Morgan fingerprint density at radius 1 is 1.25 bits per heavy atom. The van der Waals surface area contributed by atoms with E-state index in [0.29, 0.717) is 6.04 Å². The van der Waals surface area contributed by atoms with Gasteiger partial charge in [-0.2, -0.15) is 0 Å². The molecule has 1 atom stereocenters. The van der Waals surface area contributed by atoms with Gasteiger partial charge in [0.25, 0.3) is 0 Å². The fourth-order valence-electron chi connectivity index (χ4n) is 2.69. The zero-order valence-corrected chi connectivity index (χ0v) is 10.2. The van der Waals surface area contributed by atoms with Gasteiger partial charge in [0.05, 0.1) is 0 Å². The first kappa shape index (κ1) is 11.9. The Kier molecular flexibility index (Phi) is 4.18. The fraction of sp³-hybridized carbons (Fsp3) is 0.917. The number of rotatable bonds is 2. The number of hydrogen-bond donors (Lipinski definition) is 1. The Bertz CT molecular complexity index is 238. The third kappa shape index (κ3) is 3.19. The van der Waals surface area contributed by atoms with Crippen molar-refractivity contribution in [2.24, 2.45) is 0 Å². The van der Waals surface area contributed by atoms with E-state index in [1.807, 2.05) is 4.90 Å². The summed E-state index contributed by atoms with van der Waals surface area (Å²) in [4.78, 5) is 15.8. The number of carbonyl (C=O) groups excluding carboxylic acids is 1. The minimum atomic E-state index is 0.223. The summed E-state index contributed by atoms with van der Waals surface area (Å²) in [6, 6.07) is 0.684. The molecule has 2 saturated heterocycles. The fourth-order valence-corrected chi connectivity index (χ4v) is 2.69. The largest absolute Gasteiger partial charge is 0.342 e. The first-order valence-electron chi connectivity index (χ1n) is 6.47. The van der Waals surface area contributed by atoms with Crippen molar-refractivity contribution in [2.75, 3.05) is 39.3 Å². The topological polar surface area (TPSA) is 35.6 Å². The molecular formula is C12H23N3O. The molecule has 2 aliphatic heterocycles. The van der Waals surface area contributed by atoms with Crippen LogP contribution in [0.25, 0.3) is 0 Å². The molecule has 0 aromatic rings. The maximum Gasteiger partial charge on any atom is 0.219 e. The second kappa shape index (κ2) is 5.64. The van der Waals surface area contributed by atoms with E-state index < -0.39 is 0 Å². The predicted molar refractivity (Wildman–Crippen MR) is 64.3 cm³/mol. The molecule has 2 heterocycles. The third-order valence-electron chi connectivity index (χ3n) is 3.67. The molecule has 0 spiro atoms. The van der Waals surface area contributed by atoms with Gasteiger partial charge in [0.1, 0.15) is 0 Å². The standard InChI is InChI=1S/C12H23N3O/c1-11(16)15-7-3-6-14(8-9-15)10-12-4-2-5-13-12/h12-13H,2-10H2,1H3. The van der Waals surface area contributed by atoms with Crippen LogP contribution >= 0.6 is 0 Å². The zero-order valence-electron chi connectivity index (χ0n) is 10.2. The van der Waals surface area contributed by atoms with E-state index in [2.05, 4.69) is 10.2 Å². The Morgan fingerprint density at radius 3 is 2.81 bits per heavy atom. The Balaban J connectivity index is 1.77. The molecule has 92 valence electrons. The maximum absolute atomic E-state index is 11.3. The summed E-state index contributed by atoms with van der Waals surface area (Å²) in [5, 5.41) is 3.54. The molecule has 0 bridgehead atoms. The van der Waals surface area contributed by atoms with Crippen molar-refractivity contribution >= 4 is 5.91 Å². The SMILES string of the molecule is CC(=O)N1CCCN(CC2CCCN2)CC1. The highest BCUT2D eigenvalue weighted by molar-refractivity contribution is 5.73. The molecule has 0 aromatic heterocycles. The van der Waals surface area contributed by atoms with Crippen LogP contribution in [0.4, 0.5) is 0 Å². The Hall–Kier alpha value is -0.610. The molecule has 16 heavy (non-hydrogen) atoms. The predicted octanol–water partition coefficient (Wildman–Crippen LogP) is 0.293. The van der Waals surface area contributed by atoms with Crippen LogP contribution in [0.1, 0.15) is 26.2 Å². The van der Waals surface area contributed by atoms with Gasteiger partial charge >= 0.3 is 0 Å². The highest BCUT2D eigenvalue weighted by Gasteiger charge is 2.21. The highest BCUT2D eigenvalue weighted by Crippen LogP contribution is 2.09. The van der Waals surface area contributed by atoms with Crippen molar-refractivity contribution in [2.45, 2.75) is 32.2 Å². The molecule has 0 aliphatic carbocycles. The van der Waals surface area contributed by atoms with E-state index in [1.165, 1.54) is 19.4 Å². The van der Waals surface area contributed by atoms with E-state index in [-0.39, 0.29) is 5.91 Å². The molecule has 2 fully saturated rings. The molecule has 0 saturated carbocycles. The molecular weight excluding hydrogens is 202 g/mol. The van der Waals surface area contributed by atoms with Crippen LogP contribution in [-0.4, -0.2) is 61.0 Å². The second-order valence-corrected chi connectivity index (χ2v) is 4.95. The lowest BCUT2D eigenvalue weighted by Crippen LogP contribution is -2.40. The molecule has 1 unspecified atom stereocenters. The zero-order chi connectivity index (χ0) is 11.4. The third-order valence-corrected chi connectivity index (χ3v) is 3.67. The first-order chi connectivity index (χ1) is 7.75. The summed E-state index contributed by atoms with van der Waals surface area (Å²) in [5.74, 6) is 0.223. The number of nitrogens with one attached hydrogen (secondary N) is 1. The van der Waals surface area contributed by atoms with E-state index >= 15 is 0 Å². The average molecular weight is 225 g/mol. The summed E-state index contributed by atoms with van der Waals surface area (Å²) < 4.78 is 0. The summed E-state index contributed by atoms with van der Waals surface area (Å²) in [7, 11) is 0. The number of nitrogens with zero attached hydrogens (tertiary/aromatic N) is 2. The van der Waals surface area contributed by atoms with E-state index in [9.17, 15) is 4.79 Å². The van der Waals surface area contributed by atoms with Gasteiger partial charge in [-0.05, 0) is 32.4 Å². The Labute approximate surface area is 98.0 Å². The van der Waals surface area contributed by atoms with Gasteiger partial charge in [-0.25, -0.2) is 0 Å². The van der Waals surface area contributed by atoms with Crippen LogP contribution in [0.3, 0.4) is 0 Å². The lowest BCUT2D eigenvalue weighted by molar-refractivity contribution is -0.128. The van der Waals surface area contributed by atoms with Crippen molar-refractivity contribution in [1.82, 2.24) is 15.1 Å². The monoisotopic (exact) mass is 225 g/mol. The number of amides is 1. The average Bonchev–Trinajstić information content (AvgIpc) is 2.63. The normalized spacial score (nSPS) is 28.1. The second-order valence-electron chi connectivity index (χ2n) is 4.95. The van der Waals surface area contributed by atoms with Crippen molar-refractivity contribution in [1.29, 1.82) is 0 Å². The molecule has 0 radical (unpaired) electrons. The lowest BCUT2D eigenvalue weighted by Gasteiger charge is -2.24. The van der Waals surface area contributed by atoms with Gasteiger partial charge in [0, 0.05) is 39.1 Å². The van der Waals surface area contributed by atoms with Gasteiger partial charge in [0.2, 0.25) is 5.91 Å². The molecule has 2 rings (SSSR count). The Morgan fingerprint density at radius 2 is 2.12 bits per heavy atom. The molecule has 0 aromatic carbocycles. The summed E-state index contributed by atoms with van der Waals surface area (Å²) in [6.07, 6.45) is 3.75. The van der Waals surface area contributed by atoms with Crippen LogP contribution in [0.15, 0.2) is 0 Å². The van der Waals surface area contributed by atoms with Gasteiger partial charge < -0.3 is 10.2 Å². The van der Waals surface area contributed by atoms with E-state index in [1.54, 1.807) is 6.92 Å². The van der Waals surface area contributed by atoms with E-state index in [0.717, 1.165) is 39.1 Å². The minimum absolute atomic E-state index is 0.223.